The minimum atomic E-state index is -0.804. The molecule has 100 valence electrons. The zero-order valence-corrected chi connectivity index (χ0v) is 12.3. The Bertz CT molecular complexity index is 461. The number of nitrogen functional groups attached to an aromatic ring is 1. The summed E-state index contributed by atoms with van der Waals surface area (Å²) in [5.74, 6) is 0. The van der Waals surface area contributed by atoms with E-state index in [2.05, 4.69) is 6.07 Å². The molecule has 1 heterocycles. The van der Waals surface area contributed by atoms with Crippen molar-refractivity contribution in [3.05, 3.63) is 16.0 Å². The summed E-state index contributed by atoms with van der Waals surface area (Å²) < 4.78 is 13.7. The van der Waals surface area contributed by atoms with E-state index in [1.807, 2.05) is 27.7 Å². The SMILES string of the molecule is CC.CCC1(C)CC(F)Cc2sc(N)c(C#N)c21. The largest absolute Gasteiger partial charge is 0.389 e. The Morgan fingerprint density at radius 2 is 2.17 bits per heavy atom. The Kier molecular flexibility index (Phi) is 4.75. The number of nitriles is 1. The van der Waals surface area contributed by atoms with Crippen LogP contribution in [-0.4, -0.2) is 6.17 Å². The molecule has 2 rings (SSSR count). The number of thiophene rings is 1. The van der Waals surface area contributed by atoms with E-state index < -0.39 is 6.17 Å². The molecule has 0 fully saturated rings. The monoisotopic (exact) mass is 268 g/mol. The highest BCUT2D eigenvalue weighted by atomic mass is 32.1. The molecule has 1 aliphatic rings. The van der Waals surface area contributed by atoms with Gasteiger partial charge in [0.05, 0.1) is 5.56 Å². The molecule has 0 saturated heterocycles. The van der Waals surface area contributed by atoms with Gasteiger partial charge < -0.3 is 5.73 Å². The lowest BCUT2D eigenvalue weighted by atomic mass is 9.70. The van der Waals surface area contributed by atoms with Crippen molar-refractivity contribution in [1.29, 1.82) is 5.26 Å². The summed E-state index contributed by atoms with van der Waals surface area (Å²) in [4.78, 5) is 0.970. The Hall–Kier alpha value is -1.08. The van der Waals surface area contributed by atoms with E-state index in [4.69, 9.17) is 11.0 Å². The first kappa shape index (κ1) is 15.0. The topological polar surface area (TPSA) is 49.8 Å². The molecule has 0 spiro atoms. The molecule has 0 saturated carbocycles. The van der Waals surface area contributed by atoms with Gasteiger partial charge in [0.15, 0.2) is 0 Å². The van der Waals surface area contributed by atoms with E-state index in [0.717, 1.165) is 16.9 Å². The maximum absolute atomic E-state index is 13.7. The highest BCUT2D eigenvalue weighted by molar-refractivity contribution is 7.16. The van der Waals surface area contributed by atoms with Gasteiger partial charge in [-0.1, -0.05) is 27.7 Å². The molecule has 18 heavy (non-hydrogen) atoms. The second-order valence-corrected chi connectivity index (χ2v) is 5.81. The fraction of sp³-hybridized carbons (Fsp3) is 0.643. The van der Waals surface area contributed by atoms with Crippen LogP contribution in [0.25, 0.3) is 0 Å². The standard InChI is InChI=1S/C12H15FN2S.C2H6/c1-3-12(2)5-7(13)4-9-10(12)8(6-14)11(15)16-9;1-2/h7H,3-5,15H2,1-2H3;1-2H3. The van der Waals surface area contributed by atoms with E-state index in [-0.39, 0.29) is 5.41 Å². The Morgan fingerprint density at radius 3 is 2.67 bits per heavy atom. The molecule has 2 nitrogen and oxygen atoms in total. The average molecular weight is 268 g/mol. The summed E-state index contributed by atoms with van der Waals surface area (Å²) in [7, 11) is 0. The lowest BCUT2D eigenvalue weighted by Crippen LogP contribution is -2.32. The highest BCUT2D eigenvalue weighted by Gasteiger charge is 2.39. The van der Waals surface area contributed by atoms with Crippen molar-refractivity contribution < 1.29 is 4.39 Å². The van der Waals surface area contributed by atoms with Crippen molar-refractivity contribution >= 4 is 16.3 Å². The number of nitrogens with zero attached hydrogens (tertiary/aromatic N) is 1. The third-order valence-electron chi connectivity index (χ3n) is 3.58. The summed E-state index contributed by atoms with van der Waals surface area (Å²) >= 11 is 1.38. The number of fused-ring (bicyclic) bond motifs is 1. The van der Waals surface area contributed by atoms with Crippen molar-refractivity contribution in [3.8, 4) is 6.07 Å². The number of rotatable bonds is 1. The van der Waals surface area contributed by atoms with Crippen molar-refractivity contribution in [3.63, 3.8) is 0 Å². The van der Waals surface area contributed by atoms with Crippen molar-refractivity contribution in [2.24, 2.45) is 0 Å². The normalized spacial score (nSPS) is 25.7. The molecule has 0 bridgehead atoms. The van der Waals surface area contributed by atoms with Crippen molar-refractivity contribution in [2.75, 3.05) is 5.73 Å². The minimum absolute atomic E-state index is 0.230. The van der Waals surface area contributed by atoms with E-state index >= 15 is 0 Å². The summed E-state index contributed by atoms with van der Waals surface area (Å²) in [6, 6.07) is 2.17. The molecular formula is C14H21FN2S. The Morgan fingerprint density at radius 1 is 1.56 bits per heavy atom. The van der Waals surface area contributed by atoms with Gasteiger partial charge in [-0.2, -0.15) is 5.26 Å². The third kappa shape index (κ3) is 2.37. The summed E-state index contributed by atoms with van der Waals surface area (Å²) in [6.45, 7) is 8.07. The average Bonchev–Trinajstić information content (AvgIpc) is 2.67. The van der Waals surface area contributed by atoms with Crippen LogP contribution in [0.4, 0.5) is 9.39 Å². The van der Waals surface area contributed by atoms with Gasteiger partial charge in [-0.05, 0) is 23.8 Å². The molecular weight excluding hydrogens is 247 g/mol. The quantitative estimate of drug-likeness (QED) is 0.830. The lowest BCUT2D eigenvalue weighted by Gasteiger charge is -2.35. The van der Waals surface area contributed by atoms with Gasteiger partial charge in [-0.3, -0.25) is 0 Å². The molecule has 2 unspecified atom stereocenters. The first-order chi connectivity index (χ1) is 8.51. The predicted octanol–water partition coefficient (Wildman–Crippen LogP) is 4.18. The van der Waals surface area contributed by atoms with E-state index in [1.54, 1.807) is 0 Å². The van der Waals surface area contributed by atoms with Crippen molar-refractivity contribution in [1.82, 2.24) is 0 Å². The molecule has 0 radical (unpaired) electrons. The van der Waals surface area contributed by atoms with Crippen LogP contribution in [0.5, 0.6) is 0 Å². The number of halogens is 1. The zero-order chi connectivity index (χ0) is 13.9. The van der Waals surface area contributed by atoms with E-state index in [1.165, 1.54) is 11.3 Å². The Balaban J connectivity index is 0.000000771. The van der Waals surface area contributed by atoms with E-state index in [0.29, 0.717) is 23.4 Å². The van der Waals surface area contributed by atoms with Crippen LogP contribution in [0.2, 0.25) is 0 Å². The number of hydrogen-bond acceptors (Lipinski definition) is 3. The van der Waals surface area contributed by atoms with Crippen LogP contribution in [0.3, 0.4) is 0 Å². The van der Waals surface area contributed by atoms with Crippen LogP contribution in [-0.2, 0) is 11.8 Å². The number of anilines is 1. The van der Waals surface area contributed by atoms with E-state index in [9.17, 15) is 4.39 Å². The number of nitrogens with two attached hydrogens (primary N) is 1. The van der Waals surface area contributed by atoms with Gasteiger partial charge in [-0.25, -0.2) is 4.39 Å². The van der Waals surface area contributed by atoms with Crippen LogP contribution >= 0.6 is 11.3 Å². The van der Waals surface area contributed by atoms with Crippen LogP contribution < -0.4 is 5.73 Å². The van der Waals surface area contributed by atoms with Crippen LogP contribution in [0.1, 0.15) is 56.5 Å². The fourth-order valence-electron chi connectivity index (χ4n) is 2.58. The Labute approximate surface area is 113 Å². The van der Waals surface area contributed by atoms with Gasteiger partial charge in [0.2, 0.25) is 0 Å². The molecule has 1 aromatic heterocycles. The second kappa shape index (κ2) is 5.71. The third-order valence-corrected chi connectivity index (χ3v) is 4.62. The first-order valence-electron chi connectivity index (χ1n) is 6.47. The fourth-order valence-corrected chi connectivity index (χ4v) is 3.81. The lowest BCUT2D eigenvalue weighted by molar-refractivity contribution is 0.227. The maximum Gasteiger partial charge on any atom is 0.106 e. The van der Waals surface area contributed by atoms with Crippen LogP contribution in [0, 0.1) is 11.3 Å². The number of alkyl halides is 1. The summed E-state index contributed by atoms with van der Waals surface area (Å²) in [5, 5.41) is 9.68. The zero-order valence-electron chi connectivity index (χ0n) is 11.5. The van der Waals surface area contributed by atoms with Gasteiger partial charge in [-0.15, -0.1) is 11.3 Å². The van der Waals surface area contributed by atoms with Crippen molar-refractivity contribution in [2.45, 2.75) is 58.5 Å². The molecule has 0 aliphatic heterocycles. The molecule has 1 aliphatic carbocycles. The molecule has 0 amide bonds. The summed E-state index contributed by atoms with van der Waals surface area (Å²) in [5.41, 5.74) is 7.18. The van der Waals surface area contributed by atoms with Gasteiger partial charge in [0.1, 0.15) is 17.2 Å². The molecule has 1 aromatic rings. The van der Waals surface area contributed by atoms with Gasteiger partial charge >= 0.3 is 0 Å². The predicted molar refractivity (Wildman–Crippen MR) is 75.7 cm³/mol. The highest BCUT2D eigenvalue weighted by Crippen LogP contribution is 2.47. The van der Waals surface area contributed by atoms with Crippen LogP contribution in [0.15, 0.2) is 0 Å². The molecule has 2 atom stereocenters. The first-order valence-corrected chi connectivity index (χ1v) is 7.29. The number of hydrogen-bond donors (Lipinski definition) is 1. The smallest absolute Gasteiger partial charge is 0.106 e. The molecule has 4 heteroatoms. The summed E-state index contributed by atoms with van der Waals surface area (Å²) in [6.07, 6.45) is 0.954. The second-order valence-electron chi connectivity index (χ2n) is 4.67. The van der Waals surface area contributed by atoms with Gasteiger partial charge in [0, 0.05) is 11.3 Å². The van der Waals surface area contributed by atoms with Gasteiger partial charge in [0.25, 0.3) is 0 Å². The maximum atomic E-state index is 13.7. The molecule has 0 aromatic carbocycles. The molecule has 2 N–H and O–H groups in total. The minimum Gasteiger partial charge on any atom is -0.389 e.